The number of primary amides is 1. The number of nitrogens with two attached hydrogens (primary N) is 1. The van der Waals surface area contributed by atoms with Crippen molar-refractivity contribution in [2.24, 2.45) is 5.73 Å². The molecule has 37 heavy (non-hydrogen) atoms. The Hall–Kier alpha value is -3.10. The van der Waals surface area contributed by atoms with E-state index in [0.29, 0.717) is 12.0 Å². The Morgan fingerprint density at radius 2 is 1.46 bits per heavy atom. The molecule has 0 spiro atoms. The van der Waals surface area contributed by atoms with Crippen molar-refractivity contribution in [3.63, 3.8) is 0 Å². The fourth-order valence-corrected chi connectivity index (χ4v) is 3.99. The van der Waals surface area contributed by atoms with Gasteiger partial charge in [0.25, 0.3) is 0 Å². The van der Waals surface area contributed by atoms with Crippen LogP contribution in [-0.2, 0) is 19.1 Å². The van der Waals surface area contributed by atoms with Gasteiger partial charge >= 0.3 is 6.09 Å². The summed E-state index contributed by atoms with van der Waals surface area (Å²) in [6, 6.07) is 3.37. The quantitative estimate of drug-likeness (QED) is 0.454. The SMILES string of the molecule is CCC(C)(C)N(C(=O)C(CC(N)=O)NC(=O)OC(C)(C)C)C(C(=O)NC(C)(C)C)c1cc(C)cc(C)c1. The van der Waals surface area contributed by atoms with Gasteiger partial charge in [-0.05, 0) is 81.2 Å². The number of nitrogens with one attached hydrogen (secondary N) is 2. The minimum Gasteiger partial charge on any atom is -0.444 e. The number of hydrogen-bond donors (Lipinski definition) is 3. The van der Waals surface area contributed by atoms with Gasteiger partial charge in [-0.3, -0.25) is 14.4 Å². The first-order valence-electron chi connectivity index (χ1n) is 12.7. The molecule has 4 N–H and O–H groups in total. The molecular formula is C28H46N4O5. The van der Waals surface area contributed by atoms with Crippen LogP contribution in [0.2, 0.25) is 0 Å². The summed E-state index contributed by atoms with van der Waals surface area (Å²) < 4.78 is 5.33. The molecule has 208 valence electrons. The fourth-order valence-electron chi connectivity index (χ4n) is 3.99. The number of amides is 4. The Morgan fingerprint density at radius 3 is 1.86 bits per heavy atom. The average Bonchev–Trinajstić information content (AvgIpc) is 2.66. The van der Waals surface area contributed by atoms with E-state index in [1.54, 1.807) is 20.8 Å². The van der Waals surface area contributed by atoms with Gasteiger partial charge in [-0.15, -0.1) is 0 Å². The molecule has 0 aliphatic heterocycles. The molecule has 2 atom stereocenters. The molecule has 0 aromatic heterocycles. The third kappa shape index (κ3) is 10.1. The van der Waals surface area contributed by atoms with Crippen LogP contribution in [0, 0.1) is 13.8 Å². The lowest BCUT2D eigenvalue weighted by Crippen LogP contribution is -2.60. The number of nitrogens with zero attached hydrogens (tertiary/aromatic N) is 1. The third-order valence-corrected chi connectivity index (χ3v) is 5.71. The molecule has 1 aromatic carbocycles. The van der Waals surface area contributed by atoms with Crippen molar-refractivity contribution in [2.45, 2.75) is 118 Å². The van der Waals surface area contributed by atoms with E-state index in [-0.39, 0.29) is 5.91 Å². The van der Waals surface area contributed by atoms with Gasteiger partial charge < -0.3 is 26.0 Å². The van der Waals surface area contributed by atoms with Crippen LogP contribution in [0.5, 0.6) is 0 Å². The Morgan fingerprint density at radius 1 is 0.946 bits per heavy atom. The van der Waals surface area contributed by atoms with E-state index in [9.17, 15) is 19.2 Å². The van der Waals surface area contributed by atoms with Gasteiger partial charge in [0.15, 0.2) is 0 Å². The van der Waals surface area contributed by atoms with Crippen LogP contribution in [0.4, 0.5) is 4.79 Å². The van der Waals surface area contributed by atoms with Crippen LogP contribution >= 0.6 is 0 Å². The average molecular weight is 519 g/mol. The number of benzene rings is 1. The number of aryl methyl sites for hydroxylation is 2. The van der Waals surface area contributed by atoms with E-state index in [4.69, 9.17) is 10.5 Å². The Kier molecular flexibility index (Phi) is 10.3. The summed E-state index contributed by atoms with van der Waals surface area (Å²) in [5.74, 6) is -1.75. The van der Waals surface area contributed by atoms with Crippen molar-refractivity contribution < 1.29 is 23.9 Å². The zero-order chi connectivity index (χ0) is 28.9. The van der Waals surface area contributed by atoms with Crippen molar-refractivity contribution in [2.75, 3.05) is 0 Å². The second-order valence-electron chi connectivity index (χ2n) is 12.3. The van der Waals surface area contributed by atoms with Gasteiger partial charge in [0.1, 0.15) is 17.7 Å². The molecule has 4 amide bonds. The van der Waals surface area contributed by atoms with E-state index in [1.807, 2.05) is 73.6 Å². The van der Waals surface area contributed by atoms with E-state index in [2.05, 4.69) is 10.6 Å². The van der Waals surface area contributed by atoms with Crippen LogP contribution in [-0.4, -0.2) is 51.4 Å². The predicted octanol–water partition coefficient (Wildman–Crippen LogP) is 4.05. The smallest absolute Gasteiger partial charge is 0.408 e. The van der Waals surface area contributed by atoms with Crippen molar-refractivity contribution in [3.05, 3.63) is 34.9 Å². The summed E-state index contributed by atoms with van der Waals surface area (Å²) in [5.41, 5.74) is 5.75. The monoisotopic (exact) mass is 518 g/mol. The highest BCUT2D eigenvalue weighted by Crippen LogP contribution is 2.33. The van der Waals surface area contributed by atoms with Crippen molar-refractivity contribution in [1.29, 1.82) is 0 Å². The molecule has 0 saturated carbocycles. The molecule has 0 saturated heterocycles. The molecule has 0 heterocycles. The normalized spacial score (nSPS) is 13.8. The molecular weight excluding hydrogens is 472 g/mol. The van der Waals surface area contributed by atoms with Crippen molar-refractivity contribution in [3.8, 4) is 0 Å². The number of carbonyl (C=O) groups is 4. The number of hydrogen-bond acceptors (Lipinski definition) is 5. The Labute approximate surface area is 221 Å². The molecule has 1 rings (SSSR count). The maximum Gasteiger partial charge on any atom is 0.408 e. The van der Waals surface area contributed by atoms with Crippen molar-refractivity contribution >= 4 is 23.8 Å². The highest BCUT2D eigenvalue weighted by molar-refractivity contribution is 5.95. The number of carbonyl (C=O) groups excluding carboxylic acids is 4. The minimum absolute atomic E-state index is 0.373. The molecule has 2 unspecified atom stereocenters. The molecule has 0 aliphatic carbocycles. The number of alkyl carbamates (subject to hydrolysis) is 1. The largest absolute Gasteiger partial charge is 0.444 e. The van der Waals surface area contributed by atoms with E-state index in [0.717, 1.165) is 11.1 Å². The summed E-state index contributed by atoms with van der Waals surface area (Å²) in [6.07, 6.45) is -0.809. The molecule has 9 heteroatoms. The standard InChI is InChI=1S/C28H46N4O5/c1-12-28(10,11)32(24(35)20(16-21(29)33)30-25(36)37-27(7,8)9)22(23(34)31-26(4,5)6)19-14-17(2)13-18(3)15-19/h13-15,20,22H,12,16H2,1-11H3,(H2,29,33)(H,30,36)(H,31,34). The highest BCUT2D eigenvalue weighted by atomic mass is 16.6. The molecule has 9 nitrogen and oxygen atoms in total. The van der Waals surface area contributed by atoms with E-state index < -0.39 is 53.1 Å². The van der Waals surface area contributed by atoms with Gasteiger partial charge in [-0.25, -0.2) is 4.79 Å². The first-order chi connectivity index (χ1) is 16.7. The summed E-state index contributed by atoms with van der Waals surface area (Å²) in [5, 5.41) is 5.52. The Balaban J connectivity index is 3.76. The lowest BCUT2D eigenvalue weighted by Gasteiger charge is -2.45. The predicted molar refractivity (Wildman–Crippen MR) is 145 cm³/mol. The lowest BCUT2D eigenvalue weighted by molar-refractivity contribution is -0.150. The summed E-state index contributed by atoms with van der Waals surface area (Å²) in [6.45, 7) is 20.1. The summed E-state index contributed by atoms with van der Waals surface area (Å²) in [4.78, 5) is 54.1. The molecule has 1 aromatic rings. The van der Waals surface area contributed by atoms with Crippen LogP contribution < -0.4 is 16.4 Å². The maximum atomic E-state index is 14.2. The van der Waals surface area contributed by atoms with E-state index in [1.165, 1.54) is 4.90 Å². The topological polar surface area (TPSA) is 131 Å². The van der Waals surface area contributed by atoms with Crippen LogP contribution in [0.3, 0.4) is 0 Å². The molecule has 0 radical (unpaired) electrons. The first kappa shape index (κ1) is 31.9. The zero-order valence-corrected chi connectivity index (χ0v) is 24.4. The fraction of sp³-hybridized carbons (Fsp3) is 0.643. The lowest BCUT2D eigenvalue weighted by atomic mass is 9.90. The number of ether oxygens (including phenoxy) is 1. The van der Waals surface area contributed by atoms with Crippen LogP contribution in [0.1, 0.15) is 97.9 Å². The van der Waals surface area contributed by atoms with Crippen molar-refractivity contribution in [1.82, 2.24) is 15.5 Å². The second-order valence-corrected chi connectivity index (χ2v) is 12.3. The zero-order valence-electron chi connectivity index (χ0n) is 24.4. The van der Waals surface area contributed by atoms with E-state index >= 15 is 0 Å². The molecule has 0 fully saturated rings. The van der Waals surface area contributed by atoms with Crippen LogP contribution in [0.15, 0.2) is 18.2 Å². The minimum atomic E-state index is -1.32. The van der Waals surface area contributed by atoms with Gasteiger partial charge in [-0.1, -0.05) is 36.2 Å². The molecule has 0 bridgehead atoms. The van der Waals surface area contributed by atoms with Gasteiger partial charge in [0.2, 0.25) is 17.7 Å². The molecule has 0 aliphatic rings. The van der Waals surface area contributed by atoms with Crippen LogP contribution in [0.25, 0.3) is 0 Å². The second kappa shape index (κ2) is 12.0. The summed E-state index contributed by atoms with van der Waals surface area (Å²) >= 11 is 0. The first-order valence-corrected chi connectivity index (χ1v) is 12.7. The Bertz CT molecular complexity index is 985. The third-order valence-electron chi connectivity index (χ3n) is 5.71. The van der Waals surface area contributed by atoms with Gasteiger partial charge in [0.05, 0.1) is 6.42 Å². The summed E-state index contributed by atoms with van der Waals surface area (Å²) in [7, 11) is 0. The van der Waals surface area contributed by atoms with Gasteiger partial charge in [-0.2, -0.15) is 0 Å². The highest BCUT2D eigenvalue weighted by Gasteiger charge is 2.44. The number of rotatable bonds is 9. The maximum absolute atomic E-state index is 14.2. The van der Waals surface area contributed by atoms with Gasteiger partial charge in [0, 0.05) is 11.1 Å².